The van der Waals surface area contributed by atoms with Gasteiger partial charge in [0, 0.05) is 11.8 Å². The van der Waals surface area contributed by atoms with Crippen LogP contribution in [0, 0.1) is 0 Å². The van der Waals surface area contributed by atoms with Gasteiger partial charge in [-0.3, -0.25) is 14.5 Å². The van der Waals surface area contributed by atoms with Gasteiger partial charge in [0.25, 0.3) is 11.8 Å². The average Bonchev–Trinajstić information content (AvgIpc) is 3.37. The van der Waals surface area contributed by atoms with Crippen molar-refractivity contribution in [3.05, 3.63) is 83.9 Å². The molecule has 3 aromatic rings. The topological polar surface area (TPSA) is 81.0 Å². The van der Waals surface area contributed by atoms with Crippen LogP contribution in [0.25, 0.3) is 5.57 Å². The Morgan fingerprint density at radius 1 is 0.867 bits per heavy atom. The van der Waals surface area contributed by atoms with Crippen molar-refractivity contribution < 1.29 is 23.5 Å². The van der Waals surface area contributed by atoms with Crippen molar-refractivity contribution in [1.29, 1.82) is 0 Å². The number of imide groups is 1. The molecule has 7 heteroatoms. The highest BCUT2D eigenvalue weighted by Crippen LogP contribution is 2.35. The zero-order valence-corrected chi connectivity index (χ0v) is 16.0. The molecule has 7 nitrogen and oxygen atoms in total. The van der Waals surface area contributed by atoms with E-state index < -0.39 is 5.91 Å². The number of nitrogens with one attached hydrogen (secondary N) is 1. The van der Waals surface area contributed by atoms with Crippen LogP contribution < -0.4 is 14.8 Å². The van der Waals surface area contributed by atoms with Gasteiger partial charge in [0.2, 0.25) is 0 Å². The summed E-state index contributed by atoms with van der Waals surface area (Å²) in [5, 5.41) is 3.13. The molecule has 2 aliphatic rings. The molecule has 2 aliphatic heterocycles. The van der Waals surface area contributed by atoms with E-state index in [0.717, 1.165) is 0 Å². The molecular weight excluding hydrogens is 384 g/mol. The van der Waals surface area contributed by atoms with Gasteiger partial charge in [0.1, 0.15) is 24.7 Å². The summed E-state index contributed by atoms with van der Waals surface area (Å²) in [4.78, 5) is 27.6. The lowest BCUT2D eigenvalue weighted by molar-refractivity contribution is -0.137. The smallest absolute Gasteiger partial charge is 0.278 e. The van der Waals surface area contributed by atoms with Crippen LogP contribution in [0.3, 0.4) is 0 Å². The molecule has 1 aromatic heterocycles. The third-order valence-electron chi connectivity index (χ3n) is 4.94. The van der Waals surface area contributed by atoms with E-state index in [2.05, 4.69) is 5.32 Å². The maximum atomic E-state index is 13.2. The fourth-order valence-corrected chi connectivity index (χ4v) is 3.53. The molecule has 3 heterocycles. The second-order valence-electron chi connectivity index (χ2n) is 6.88. The molecular formula is C23H18N2O5. The minimum atomic E-state index is -0.412. The Hall–Kier alpha value is -4.00. The number of benzene rings is 2. The van der Waals surface area contributed by atoms with Gasteiger partial charge in [0.15, 0.2) is 11.5 Å². The van der Waals surface area contributed by atoms with E-state index in [-0.39, 0.29) is 18.1 Å². The number of hydrogen-bond acceptors (Lipinski definition) is 6. The molecule has 1 N–H and O–H groups in total. The summed E-state index contributed by atoms with van der Waals surface area (Å²) >= 11 is 0. The molecule has 0 aliphatic carbocycles. The number of carbonyl (C=O) groups is 2. The Kier molecular flexibility index (Phi) is 4.48. The van der Waals surface area contributed by atoms with Gasteiger partial charge < -0.3 is 19.2 Å². The van der Waals surface area contributed by atoms with E-state index in [1.165, 1.54) is 11.2 Å². The predicted octanol–water partition coefficient (Wildman–Crippen LogP) is 3.44. The zero-order valence-electron chi connectivity index (χ0n) is 16.0. The second kappa shape index (κ2) is 7.44. The minimum absolute atomic E-state index is 0.0628. The Balaban J connectivity index is 1.52. The summed E-state index contributed by atoms with van der Waals surface area (Å²) in [6.07, 6.45) is 1.51. The van der Waals surface area contributed by atoms with Crippen LogP contribution in [0.2, 0.25) is 0 Å². The lowest BCUT2D eigenvalue weighted by atomic mass is 10.0. The van der Waals surface area contributed by atoms with Crippen LogP contribution >= 0.6 is 0 Å². The van der Waals surface area contributed by atoms with E-state index in [1.807, 2.05) is 30.3 Å². The van der Waals surface area contributed by atoms with Gasteiger partial charge in [-0.2, -0.15) is 0 Å². The van der Waals surface area contributed by atoms with Crippen molar-refractivity contribution in [2.45, 2.75) is 6.54 Å². The number of rotatable bonds is 5. The standard InChI is InChI=1S/C23H18N2O5/c26-22-20(15-5-2-1-3-6-15)21(23(27)25(22)14-17-7-4-10-28-17)24-16-8-9-18-19(13-16)30-12-11-29-18/h1-10,13,24H,11-12,14H2. The lowest BCUT2D eigenvalue weighted by Crippen LogP contribution is -2.31. The van der Waals surface area contributed by atoms with Crippen molar-refractivity contribution in [2.24, 2.45) is 0 Å². The summed E-state index contributed by atoms with van der Waals surface area (Å²) in [5.74, 6) is 0.993. The summed E-state index contributed by atoms with van der Waals surface area (Å²) in [7, 11) is 0. The SMILES string of the molecule is O=C1C(Nc2ccc3c(c2)OCCO3)=C(c2ccccc2)C(=O)N1Cc1ccco1. The summed E-state index contributed by atoms with van der Waals surface area (Å²) in [5.41, 5.74) is 1.83. The maximum absolute atomic E-state index is 13.2. The van der Waals surface area contributed by atoms with Crippen LogP contribution in [0.15, 0.2) is 77.0 Å². The monoisotopic (exact) mass is 402 g/mol. The second-order valence-corrected chi connectivity index (χ2v) is 6.88. The van der Waals surface area contributed by atoms with E-state index in [4.69, 9.17) is 13.9 Å². The molecule has 0 atom stereocenters. The maximum Gasteiger partial charge on any atom is 0.278 e. The molecule has 2 amide bonds. The number of carbonyl (C=O) groups excluding carboxylic acids is 2. The van der Waals surface area contributed by atoms with Crippen molar-refractivity contribution in [3.8, 4) is 11.5 Å². The van der Waals surface area contributed by atoms with Gasteiger partial charge >= 0.3 is 0 Å². The highest BCUT2D eigenvalue weighted by atomic mass is 16.6. The van der Waals surface area contributed by atoms with Gasteiger partial charge in [-0.25, -0.2) is 0 Å². The molecule has 0 radical (unpaired) electrons. The molecule has 0 fully saturated rings. The van der Waals surface area contributed by atoms with E-state index in [1.54, 1.807) is 30.3 Å². The molecule has 0 unspecified atom stereocenters. The van der Waals surface area contributed by atoms with Crippen molar-refractivity contribution in [2.75, 3.05) is 18.5 Å². The Labute approximate surface area is 172 Å². The third-order valence-corrected chi connectivity index (χ3v) is 4.94. The number of nitrogens with zero attached hydrogens (tertiary/aromatic N) is 1. The molecule has 2 aromatic carbocycles. The number of fused-ring (bicyclic) bond motifs is 1. The first-order valence-electron chi connectivity index (χ1n) is 9.55. The molecule has 30 heavy (non-hydrogen) atoms. The normalized spacial score (nSPS) is 15.7. The first-order chi connectivity index (χ1) is 14.7. The van der Waals surface area contributed by atoms with Crippen molar-refractivity contribution >= 4 is 23.1 Å². The highest BCUT2D eigenvalue weighted by molar-refractivity contribution is 6.36. The zero-order chi connectivity index (χ0) is 20.5. The van der Waals surface area contributed by atoms with Gasteiger partial charge in [0.05, 0.1) is 18.4 Å². The van der Waals surface area contributed by atoms with Crippen LogP contribution in [0.1, 0.15) is 11.3 Å². The molecule has 0 bridgehead atoms. The minimum Gasteiger partial charge on any atom is -0.486 e. The number of ether oxygens (including phenoxy) is 2. The summed E-state index contributed by atoms with van der Waals surface area (Å²) < 4.78 is 16.5. The largest absolute Gasteiger partial charge is 0.486 e. The number of amides is 2. The van der Waals surface area contributed by atoms with Crippen molar-refractivity contribution in [1.82, 2.24) is 4.90 Å². The quantitative estimate of drug-likeness (QED) is 0.659. The fourth-order valence-electron chi connectivity index (χ4n) is 3.53. The molecule has 0 saturated carbocycles. The number of anilines is 1. The highest BCUT2D eigenvalue weighted by Gasteiger charge is 2.39. The van der Waals surface area contributed by atoms with Crippen LogP contribution in [-0.4, -0.2) is 29.9 Å². The first kappa shape index (κ1) is 18.1. The van der Waals surface area contributed by atoms with Crippen LogP contribution in [0.4, 0.5) is 5.69 Å². The average molecular weight is 402 g/mol. The molecule has 0 spiro atoms. The number of furan rings is 1. The molecule has 150 valence electrons. The van der Waals surface area contributed by atoms with E-state index in [9.17, 15) is 9.59 Å². The lowest BCUT2D eigenvalue weighted by Gasteiger charge is -2.19. The van der Waals surface area contributed by atoms with E-state index in [0.29, 0.717) is 47.3 Å². The van der Waals surface area contributed by atoms with Crippen molar-refractivity contribution in [3.63, 3.8) is 0 Å². The van der Waals surface area contributed by atoms with Crippen LogP contribution in [-0.2, 0) is 16.1 Å². The van der Waals surface area contributed by atoms with E-state index >= 15 is 0 Å². The van der Waals surface area contributed by atoms with Gasteiger partial charge in [-0.15, -0.1) is 0 Å². The predicted molar refractivity (Wildman–Crippen MR) is 109 cm³/mol. The Morgan fingerprint density at radius 3 is 2.43 bits per heavy atom. The van der Waals surface area contributed by atoms with Crippen LogP contribution in [0.5, 0.6) is 11.5 Å². The third kappa shape index (κ3) is 3.20. The van der Waals surface area contributed by atoms with Gasteiger partial charge in [-0.05, 0) is 29.8 Å². The summed E-state index contributed by atoms with van der Waals surface area (Å²) in [6, 6.07) is 17.9. The molecule has 0 saturated heterocycles. The Bertz CT molecular complexity index is 1140. The number of hydrogen-bond donors (Lipinski definition) is 1. The van der Waals surface area contributed by atoms with Gasteiger partial charge in [-0.1, -0.05) is 30.3 Å². The summed E-state index contributed by atoms with van der Waals surface area (Å²) in [6.45, 7) is 1.02. The Morgan fingerprint density at radius 2 is 1.67 bits per heavy atom. The fraction of sp³-hybridized carbons (Fsp3) is 0.130. The molecule has 5 rings (SSSR count). The first-order valence-corrected chi connectivity index (χ1v) is 9.55.